The van der Waals surface area contributed by atoms with Gasteiger partial charge in [0.1, 0.15) is 0 Å². The first-order chi connectivity index (χ1) is 10.2. The van der Waals surface area contributed by atoms with Crippen LogP contribution in [-0.4, -0.2) is 42.1 Å². The Bertz CT molecular complexity index is 532. The molecule has 0 fully saturated rings. The number of aliphatic carboxylic acids is 1. The van der Waals surface area contributed by atoms with Crippen molar-refractivity contribution < 1.29 is 27.9 Å². The summed E-state index contributed by atoms with van der Waals surface area (Å²) >= 11 is 0. The number of urea groups is 1. The summed E-state index contributed by atoms with van der Waals surface area (Å²) < 4.78 is 38.4. The zero-order valence-electron chi connectivity index (χ0n) is 12.0. The van der Waals surface area contributed by atoms with Crippen molar-refractivity contribution in [1.82, 2.24) is 10.2 Å². The highest BCUT2D eigenvalue weighted by Gasteiger charge is 2.32. The first-order valence-electron chi connectivity index (χ1n) is 6.57. The maximum Gasteiger partial charge on any atom is 0.416 e. The van der Waals surface area contributed by atoms with Crippen molar-refractivity contribution >= 4 is 12.0 Å². The van der Waals surface area contributed by atoms with Crippen molar-refractivity contribution in [3.63, 3.8) is 0 Å². The lowest BCUT2D eigenvalue weighted by molar-refractivity contribution is -0.138. The molecule has 0 aliphatic heterocycles. The van der Waals surface area contributed by atoms with Gasteiger partial charge in [-0.05, 0) is 18.1 Å². The van der Waals surface area contributed by atoms with E-state index in [1.807, 2.05) is 0 Å². The van der Waals surface area contributed by atoms with Gasteiger partial charge in [0.05, 0.1) is 12.0 Å². The Kier molecular flexibility index (Phi) is 6.21. The third kappa shape index (κ3) is 5.63. The van der Waals surface area contributed by atoms with E-state index in [1.165, 1.54) is 30.1 Å². The number of nitrogens with zero attached hydrogens (tertiary/aromatic N) is 1. The Morgan fingerprint density at radius 3 is 2.50 bits per heavy atom. The number of carbonyl (C=O) groups excluding carboxylic acids is 1. The molecule has 1 rings (SSSR count). The summed E-state index contributed by atoms with van der Waals surface area (Å²) in [4.78, 5) is 23.2. The summed E-state index contributed by atoms with van der Waals surface area (Å²) in [5.41, 5.74) is -0.619. The minimum atomic E-state index is -4.43. The van der Waals surface area contributed by atoms with Gasteiger partial charge in [0.2, 0.25) is 0 Å². The van der Waals surface area contributed by atoms with Crippen molar-refractivity contribution in [2.75, 3.05) is 20.1 Å². The average molecular weight is 318 g/mol. The summed E-state index contributed by atoms with van der Waals surface area (Å²) in [5.74, 6) is -1.03. The average Bonchev–Trinajstić information content (AvgIpc) is 2.44. The summed E-state index contributed by atoms with van der Waals surface area (Å²) in [6, 6.07) is 4.65. The van der Waals surface area contributed by atoms with Crippen molar-refractivity contribution in [3.8, 4) is 0 Å². The van der Waals surface area contributed by atoms with Gasteiger partial charge in [0, 0.05) is 20.1 Å². The number of hydrogen-bond acceptors (Lipinski definition) is 2. The van der Waals surface area contributed by atoms with Gasteiger partial charge in [0.15, 0.2) is 0 Å². The van der Waals surface area contributed by atoms with Gasteiger partial charge < -0.3 is 15.3 Å². The monoisotopic (exact) mass is 318 g/mol. The van der Waals surface area contributed by atoms with Gasteiger partial charge in [-0.3, -0.25) is 4.79 Å². The standard InChI is InChI=1S/C14H17F3N2O3/c1-19(9-7-12(20)21)13(22)18-8-6-10-4-2-3-5-11(10)14(15,16)17/h2-5H,6-9H2,1H3,(H,18,22)(H,20,21). The summed E-state index contributed by atoms with van der Waals surface area (Å²) in [7, 11) is 1.42. The van der Waals surface area contributed by atoms with Crippen LogP contribution in [0, 0.1) is 0 Å². The summed E-state index contributed by atoms with van der Waals surface area (Å²) in [5, 5.41) is 11.0. The van der Waals surface area contributed by atoms with Gasteiger partial charge in [-0.15, -0.1) is 0 Å². The molecule has 0 atom stereocenters. The number of amides is 2. The molecule has 0 spiro atoms. The second-order valence-electron chi connectivity index (χ2n) is 4.70. The van der Waals surface area contributed by atoms with E-state index in [1.54, 1.807) is 0 Å². The number of nitrogens with one attached hydrogen (secondary N) is 1. The third-order valence-electron chi connectivity index (χ3n) is 3.00. The summed E-state index contributed by atoms with van der Waals surface area (Å²) in [6.07, 6.45) is -4.59. The molecule has 0 bridgehead atoms. The largest absolute Gasteiger partial charge is 0.481 e. The Labute approximate surface area is 125 Å². The minimum Gasteiger partial charge on any atom is -0.481 e. The zero-order chi connectivity index (χ0) is 16.8. The molecular weight excluding hydrogens is 301 g/mol. The Morgan fingerprint density at radius 2 is 1.91 bits per heavy atom. The maximum atomic E-state index is 12.8. The van der Waals surface area contributed by atoms with Crippen LogP contribution in [-0.2, 0) is 17.4 Å². The van der Waals surface area contributed by atoms with Crippen molar-refractivity contribution in [3.05, 3.63) is 35.4 Å². The lowest BCUT2D eigenvalue weighted by atomic mass is 10.0. The van der Waals surface area contributed by atoms with Gasteiger partial charge in [-0.2, -0.15) is 13.2 Å². The smallest absolute Gasteiger partial charge is 0.416 e. The number of rotatable bonds is 6. The number of hydrogen-bond donors (Lipinski definition) is 2. The molecule has 1 aromatic rings. The molecule has 0 aliphatic carbocycles. The second-order valence-corrected chi connectivity index (χ2v) is 4.70. The molecule has 122 valence electrons. The number of carboxylic acids is 1. The predicted molar refractivity (Wildman–Crippen MR) is 73.4 cm³/mol. The highest BCUT2D eigenvalue weighted by Crippen LogP contribution is 2.31. The van der Waals surface area contributed by atoms with E-state index in [0.29, 0.717) is 0 Å². The molecule has 0 aromatic heterocycles. The second kappa shape index (κ2) is 7.67. The molecule has 1 aromatic carbocycles. The van der Waals surface area contributed by atoms with Crippen LogP contribution in [0.3, 0.4) is 0 Å². The Balaban J connectivity index is 2.51. The van der Waals surface area contributed by atoms with Crippen LogP contribution in [0.1, 0.15) is 17.5 Å². The van der Waals surface area contributed by atoms with Gasteiger partial charge in [-0.25, -0.2) is 4.79 Å². The zero-order valence-corrected chi connectivity index (χ0v) is 12.0. The van der Waals surface area contributed by atoms with Crippen LogP contribution in [0.25, 0.3) is 0 Å². The van der Waals surface area contributed by atoms with E-state index < -0.39 is 23.7 Å². The van der Waals surface area contributed by atoms with Gasteiger partial charge in [-0.1, -0.05) is 18.2 Å². The van der Waals surface area contributed by atoms with E-state index >= 15 is 0 Å². The molecule has 0 saturated heterocycles. The molecule has 8 heteroatoms. The van der Waals surface area contributed by atoms with Gasteiger partial charge >= 0.3 is 18.2 Å². The minimum absolute atomic E-state index is 0.0281. The molecule has 22 heavy (non-hydrogen) atoms. The number of carbonyl (C=O) groups is 2. The number of benzene rings is 1. The number of halogens is 3. The number of carboxylic acid groups (broad SMARTS) is 1. The van der Waals surface area contributed by atoms with Crippen molar-refractivity contribution in [2.45, 2.75) is 19.0 Å². The molecule has 0 aliphatic rings. The summed E-state index contributed by atoms with van der Waals surface area (Å²) in [6.45, 7) is 0.0592. The first-order valence-corrected chi connectivity index (χ1v) is 6.57. The third-order valence-corrected chi connectivity index (χ3v) is 3.00. The highest BCUT2D eigenvalue weighted by atomic mass is 19.4. The van der Waals surface area contributed by atoms with E-state index in [0.717, 1.165) is 6.07 Å². The maximum absolute atomic E-state index is 12.8. The molecule has 0 saturated carbocycles. The van der Waals surface area contributed by atoms with Crippen LogP contribution in [0.4, 0.5) is 18.0 Å². The fourth-order valence-electron chi connectivity index (χ4n) is 1.82. The van der Waals surface area contributed by atoms with Crippen LogP contribution in [0.15, 0.2) is 24.3 Å². The molecule has 0 heterocycles. The molecule has 0 unspecified atom stereocenters. The SMILES string of the molecule is CN(CCC(=O)O)C(=O)NCCc1ccccc1C(F)(F)F. The van der Waals surface area contributed by atoms with Gasteiger partial charge in [0.25, 0.3) is 0 Å². The fraction of sp³-hybridized carbons (Fsp3) is 0.429. The van der Waals surface area contributed by atoms with Crippen LogP contribution in [0.5, 0.6) is 0 Å². The quantitative estimate of drug-likeness (QED) is 0.846. The Morgan fingerprint density at radius 1 is 1.27 bits per heavy atom. The topological polar surface area (TPSA) is 69.6 Å². The van der Waals surface area contributed by atoms with Crippen molar-refractivity contribution in [1.29, 1.82) is 0 Å². The normalized spacial score (nSPS) is 11.1. The van der Waals surface area contributed by atoms with Crippen LogP contribution < -0.4 is 5.32 Å². The molecule has 5 nitrogen and oxygen atoms in total. The van der Waals surface area contributed by atoms with E-state index in [-0.39, 0.29) is 31.5 Å². The van der Waals surface area contributed by atoms with Crippen LogP contribution >= 0.6 is 0 Å². The van der Waals surface area contributed by atoms with E-state index in [4.69, 9.17) is 5.11 Å². The van der Waals surface area contributed by atoms with E-state index in [2.05, 4.69) is 5.32 Å². The van der Waals surface area contributed by atoms with Crippen LogP contribution in [0.2, 0.25) is 0 Å². The van der Waals surface area contributed by atoms with Crippen molar-refractivity contribution in [2.24, 2.45) is 0 Å². The molecular formula is C14H17F3N2O3. The predicted octanol–water partition coefficient (Wildman–Crippen LogP) is 2.36. The number of alkyl halides is 3. The highest BCUT2D eigenvalue weighted by molar-refractivity contribution is 5.75. The first kappa shape index (κ1) is 17.8. The molecule has 0 radical (unpaired) electrons. The fourth-order valence-corrected chi connectivity index (χ4v) is 1.82. The molecule has 2 N–H and O–H groups in total. The van der Waals surface area contributed by atoms with E-state index in [9.17, 15) is 22.8 Å². The Hall–Kier alpha value is -2.25. The lowest BCUT2D eigenvalue weighted by Gasteiger charge is -2.17. The lowest BCUT2D eigenvalue weighted by Crippen LogP contribution is -2.39. The molecule has 2 amide bonds.